The summed E-state index contributed by atoms with van der Waals surface area (Å²) in [4.78, 5) is 1.99. The molecule has 0 aromatic heterocycles. The molecule has 2 unspecified atom stereocenters. The number of hydrogen-bond acceptors (Lipinski definition) is 4. The van der Waals surface area contributed by atoms with E-state index in [0.29, 0.717) is 31.3 Å². The van der Waals surface area contributed by atoms with Crippen LogP contribution in [0.15, 0.2) is 18.2 Å². The molecule has 1 N–H and O–H groups in total. The Morgan fingerprint density at radius 1 is 1.44 bits per heavy atom. The summed E-state index contributed by atoms with van der Waals surface area (Å²) in [5, 5.41) is 12.3. The van der Waals surface area contributed by atoms with Crippen LogP contribution in [0.4, 0.5) is 18.9 Å². The molecule has 2 atom stereocenters. The lowest BCUT2D eigenvalue weighted by molar-refractivity contribution is -0.137. The lowest BCUT2D eigenvalue weighted by atomic mass is 9.74. The molecule has 2 heterocycles. The van der Waals surface area contributed by atoms with Gasteiger partial charge in [0.1, 0.15) is 0 Å². The molecule has 1 aromatic rings. The lowest BCUT2D eigenvalue weighted by Gasteiger charge is -2.38. The predicted octanol–water partition coefficient (Wildman–Crippen LogP) is 3.06. The van der Waals surface area contributed by atoms with Crippen LogP contribution in [0.3, 0.4) is 0 Å². The molecule has 0 spiro atoms. The number of ether oxygens (including phenoxy) is 1. The molecular formula is C17H21ClF3N3O. The molecule has 138 valence electrons. The van der Waals surface area contributed by atoms with Gasteiger partial charge >= 0.3 is 6.18 Å². The fourth-order valence-electron chi connectivity index (χ4n) is 3.99. The maximum absolute atomic E-state index is 13.2. The highest BCUT2D eigenvalue weighted by molar-refractivity contribution is 5.85. The van der Waals surface area contributed by atoms with Crippen LogP contribution < -0.4 is 10.2 Å². The number of nitriles is 1. The normalized spacial score (nSPS) is 25.9. The molecule has 1 aromatic carbocycles. The van der Waals surface area contributed by atoms with Crippen LogP contribution in [0.1, 0.15) is 17.5 Å². The standard InChI is InChI=1S/C17H20F3N3O.ClH/c1-24-11-16-4-5-22-8-13(16)9-23(10-16)14-3-2-12(7-21)15(6-14)17(18,19)20;/h2-3,6,13,22H,4-5,8-11H2,1H3;1H. The zero-order valence-corrected chi connectivity index (χ0v) is 14.7. The van der Waals surface area contributed by atoms with Gasteiger partial charge < -0.3 is 15.0 Å². The number of alkyl halides is 3. The highest BCUT2D eigenvalue weighted by Crippen LogP contribution is 2.43. The third-order valence-corrected chi connectivity index (χ3v) is 5.23. The van der Waals surface area contributed by atoms with Crippen molar-refractivity contribution in [2.24, 2.45) is 11.3 Å². The van der Waals surface area contributed by atoms with Crippen LogP contribution in [0.25, 0.3) is 0 Å². The molecule has 2 aliphatic heterocycles. The Balaban J connectivity index is 0.00000225. The molecule has 0 saturated carbocycles. The van der Waals surface area contributed by atoms with E-state index in [0.717, 1.165) is 25.6 Å². The fraction of sp³-hybridized carbons (Fsp3) is 0.588. The van der Waals surface area contributed by atoms with Crippen molar-refractivity contribution >= 4 is 18.1 Å². The smallest absolute Gasteiger partial charge is 0.384 e. The molecule has 0 aliphatic carbocycles. The predicted molar refractivity (Wildman–Crippen MR) is 90.9 cm³/mol. The molecule has 2 saturated heterocycles. The van der Waals surface area contributed by atoms with Gasteiger partial charge in [-0.3, -0.25) is 0 Å². The van der Waals surface area contributed by atoms with E-state index >= 15 is 0 Å². The first-order chi connectivity index (χ1) is 11.4. The number of piperidine rings is 1. The molecule has 25 heavy (non-hydrogen) atoms. The SMILES string of the molecule is COCC12CCNCC1CN(c1ccc(C#N)c(C(F)(F)F)c1)C2.Cl. The van der Waals surface area contributed by atoms with Crippen molar-refractivity contribution in [1.29, 1.82) is 5.26 Å². The van der Waals surface area contributed by atoms with E-state index in [2.05, 4.69) is 5.32 Å². The molecule has 0 bridgehead atoms. The van der Waals surface area contributed by atoms with Gasteiger partial charge in [0, 0.05) is 37.8 Å². The minimum Gasteiger partial charge on any atom is -0.384 e. The van der Waals surface area contributed by atoms with E-state index in [9.17, 15) is 13.2 Å². The van der Waals surface area contributed by atoms with Gasteiger partial charge in [-0.15, -0.1) is 12.4 Å². The monoisotopic (exact) mass is 375 g/mol. The first-order valence-corrected chi connectivity index (χ1v) is 7.95. The molecule has 3 rings (SSSR count). The van der Waals surface area contributed by atoms with E-state index in [4.69, 9.17) is 10.00 Å². The van der Waals surface area contributed by atoms with Gasteiger partial charge in [0.2, 0.25) is 0 Å². The Bertz CT molecular complexity index is 658. The number of halogens is 4. The van der Waals surface area contributed by atoms with E-state index < -0.39 is 11.7 Å². The summed E-state index contributed by atoms with van der Waals surface area (Å²) in [6, 6.07) is 5.61. The topological polar surface area (TPSA) is 48.3 Å². The number of nitrogens with zero attached hydrogens (tertiary/aromatic N) is 2. The van der Waals surface area contributed by atoms with Crippen LogP contribution in [0.2, 0.25) is 0 Å². The quantitative estimate of drug-likeness (QED) is 0.882. The number of hydrogen-bond donors (Lipinski definition) is 1. The van der Waals surface area contributed by atoms with Crippen molar-refractivity contribution < 1.29 is 17.9 Å². The molecular weight excluding hydrogens is 355 g/mol. The van der Waals surface area contributed by atoms with Gasteiger partial charge in [-0.1, -0.05) is 0 Å². The number of benzene rings is 1. The van der Waals surface area contributed by atoms with Crippen LogP contribution >= 0.6 is 12.4 Å². The Labute approximate surface area is 151 Å². The van der Waals surface area contributed by atoms with Crippen molar-refractivity contribution in [2.45, 2.75) is 12.6 Å². The molecule has 8 heteroatoms. The van der Waals surface area contributed by atoms with Gasteiger partial charge in [-0.2, -0.15) is 18.4 Å². The van der Waals surface area contributed by atoms with Crippen LogP contribution in [0.5, 0.6) is 0 Å². The average molecular weight is 376 g/mol. The zero-order valence-electron chi connectivity index (χ0n) is 13.9. The van der Waals surface area contributed by atoms with Gasteiger partial charge in [-0.05, 0) is 37.1 Å². The van der Waals surface area contributed by atoms with Gasteiger partial charge in [0.05, 0.1) is 23.8 Å². The summed E-state index contributed by atoms with van der Waals surface area (Å²) in [5.41, 5.74) is -0.703. The highest BCUT2D eigenvalue weighted by atomic mass is 35.5. The van der Waals surface area contributed by atoms with Crippen molar-refractivity contribution in [3.63, 3.8) is 0 Å². The fourth-order valence-corrected chi connectivity index (χ4v) is 3.99. The van der Waals surface area contributed by atoms with E-state index in [1.807, 2.05) is 4.90 Å². The minimum absolute atomic E-state index is 0. The lowest BCUT2D eigenvalue weighted by Crippen LogP contribution is -2.47. The number of rotatable bonds is 3. The zero-order chi connectivity index (χ0) is 17.4. The Hall–Kier alpha value is -1.49. The van der Waals surface area contributed by atoms with Crippen molar-refractivity contribution in [3.8, 4) is 6.07 Å². The Morgan fingerprint density at radius 2 is 2.20 bits per heavy atom. The minimum atomic E-state index is -4.53. The summed E-state index contributed by atoms with van der Waals surface area (Å²) < 4.78 is 45.0. The van der Waals surface area contributed by atoms with Crippen molar-refractivity contribution in [2.75, 3.05) is 44.8 Å². The number of fused-ring (bicyclic) bond motifs is 1. The molecule has 0 amide bonds. The van der Waals surface area contributed by atoms with Crippen molar-refractivity contribution in [1.82, 2.24) is 5.32 Å². The average Bonchev–Trinajstić information content (AvgIpc) is 2.93. The molecule has 0 radical (unpaired) electrons. The summed E-state index contributed by atoms with van der Waals surface area (Å²) >= 11 is 0. The maximum Gasteiger partial charge on any atom is 0.417 e. The maximum atomic E-state index is 13.2. The van der Waals surface area contributed by atoms with E-state index in [-0.39, 0.29) is 23.4 Å². The second kappa shape index (κ2) is 7.40. The van der Waals surface area contributed by atoms with Crippen molar-refractivity contribution in [3.05, 3.63) is 29.3 Å². The van der Waals surface area contributed by atoms with Crippen LogP contribution in [-0.4, -0.2) is 39.9 Å². The number of nitrogens with one attached hydrogen (secondary N) is 1. The van der Waals surface area contributed by atoms with Gasteiger partial charge in [-0.25, -0.2) is 0 Å². The number of anilines is 1. The van der Waals surface area contributed by atoms with Crippen LogP contribution in [0, 0.1) is 22.7 Å². The molecule has 2 aliphatic rings. The number of methoxy groups -OCH3 is 1. The van der Waals surface area contributed by atoms with Crippen LogP contribution in [-0.2, 0) is 10.9 Å². The first-order valence-electron chi connectivity index (χ1n) is 7.95. The third kappa shape index (κ3) is 3.71. The summed E-state index contributed by atoms with van der Waals surface area (Å²) in [6.07, 6.45) is -3.58. The highest BCUT2D eigenvalue weighted by Gasteiger charge is 2.48. The Kier molecular flexibility index (Phi) is 5.87. The second-order valence-corrected chi connectivity index (χ2v) is 6.67. The Morgan fingerprint density at radius 3 is 2.84 bits per heavy atom. The van der Waals surface area contributed by atoms with E-state index in [1.54, 1.807) is 19.2 Å². The molecule has 4 nitrogen and oxygen atoms in total. The third-order valence-electron chi connectivity index (χ3n) is 5.23. The first kappa shape index (κ1) is 19.8. The van der Waals surface area contributed by atoms with Gasteiger partial charge in [0.25, 0.3) is 0 Å². The molecule has 2 fully saturated rings. The summed E-state index contributed by atoms with van der Waals surface area (Å²) in [6.45, 7) is 3.73. The summed E-state index contributed by atoms with van der Waals surface area (Å²) in [7, 11) is 1.67. The largest absolute Gasteiger partial charge is 0.417 e. The van der Waals surface area contributed by atoms with E-state index in [1.165, 1.54) is 6.07 Å². The van der Waals surface area contributed by atoms with Gasteiger partial charge in [0.15, 0.2) is 0 Å². The second-order valence-electron chi connectivity index (χ2n) is 6.67. The summed E-state index contributed by atoms with van der Waals surface area (Å²) in [5.74, 6) is 0.344.